The number of nitrogen functional groups attached to an aromatic ring is 1. The molecule has 114 heavy (non-hydrogen) atoms. The fourth-order valence-electron chi connectivity index (χ4n) is 14.0. The van der Waals surface area contributed by atoms with Gasteiger partial charge in [-0.3, -0.25) is 42.4 Å². The number of H-pyrrole nitrogens is 1. The van der Waals surface area contributed by atoms with E-state index >= 15 is 0 Å². The van der Waals surface area contributed by atoms with Crippen LogP contribution in [0.5, 0.6) is 0 Å². The Morgan fingerprint density at radius 1 is 0.912 bits per heavy atom. The first-order valence-electron chi connectivity index (χ1n) is 34.8. The van der Waals surface area contributed by atoms with Crippen LogP contribution in [0.2, 0.25) is 0 Å². The SMILES string of the molecule is CC1(C)C2=C(C=CC(S(=O)(=O)O)C2)N(CCS(=O)(=O)O)C1/C=C/C=C/C=C1\N(CCS(=O)(=O)O)C2C=CC(S(=O)(=O)O)=CC2C1(C)CCCCCC(=O)NCCNC(=O)C1=CC(OC(N=[N+]=[N-])OCCOCC(=O)NCC#CC2CN(C3CC(OC(F)N=[N+]=[N-])[C@@H](CO[P+](=O)O[P+](=O)O[P+](=O)O)O3)c3nc(N)[nH]c(=O)c32)=CCC1. The highest BCUT2D eigenvalue weighted by Gasteiger charge is 2.54. The molecule has 4 aliphatic heterocycles. The van der Waals surface area contributed by atoms with E-state index in [9.17, 15) is 94.7 Å². The molecule has 3 aliphatic carbocycles. The number of likely N-dealkylation sites (tertiary alicyclic amines) is 1. The van der Waals surface area contributed by atoms with Crippen LogP contribution in [-0.2, 0) is 105 Å². The normalized spacial score (nSPS) is 24.5. The lowest BCUT2D eigenvalue weighted by molar-refractivity contribution is -0.132. The third-order valence-electron chi connectivity index (χ3n) is 19.1. The average molecular weight is 1740 g/mol. The van der Waals surface area contributed by atoms with E-state index in [4.69, 9.17) is 44.4 Å². The second-order valence-electron chi connectivity index (χ2n) is 27.0. The van der Waals surface area contributed by atoms with Gasteiger partial charge in [0.1, 0.15) is 42.4 Å². The number of ether oxygens (including phenoxy) is 5. The fourth-order valence-corrected chi connectivity index (χ4v) is 17.8. The zero-order chi connectivity index (χ0) is 83.5. The Balaban J connectivity index is 0.773. The Morgan fingerprint density at radius 3 is 2.32 bits per heavy atom. The summed E-state index contributed by atoms with van der Waals surface area (Å²) in [6.07, 6.45) is 15.3. The van der Waals surface area contributed by atoms with E-state index < -0.39 is 179 Å². The summed E-state index contributed by atoms with van der Waals surface area (Å²) in [6, 6.07) is -1.24. The van der Waals surface area contributed by atoms with Crippen LogP contribution in [0.1, 0.15) is 90.0 Å². The topological polar surface area (TPSA) is 629 Å². The number of allylic oxidation sites excluding steroid dienone is 9. The third kappa shape index (κ3) is 25.8. The molecule has 0 saturated carbocycles. The van der Waals surface area contributed by atoms with Gasteiger partial charge >= 0.3 is 24.8 Å². The molecule has 0 aromatic carbocycles. The third-order valence-corrected chi connectivity index (χ3v) is 25.0. The quantitative estimate of drug-likeness (QED) is 0.00370. The van der Waals surface area contributed by atoms with Crippen LogP contribution in [0.4, 0.5) is 16.2 Å². The van der Waals surface area contributed by atoms with Crippen LogP contribution >= 0.6 is 24.8 Å². The molecule has 2 saturated heterocycles. The maximum atomic E-state index is 14.4. The van der Waals surface area contributed by atoms with Crippen molar-refractivity contribution in [1.29, 1.82) is 0 Å². The van der Waals surface area contributed by atoms with Crippen LogP contribution in [0, 0.1) is 28.6 Å². The smallest absolute Gasteiger partial charge is 0.459 e. The van der Waals surface area contributed by atoms with Gasteiger partial charge in [0.15, 0.2) is 8.62 Å². The van der Waals surface area contributed by atoms with Gasteiger partial charge in [-0.2, -0.15) is 38.7 Å². The molecule has 14 atom stereocenters. The van der Waals surface area contributed by atoms with Gasteiger partial charge in [0, 0.05) is 103 Å². The second kappa shape index (κ2) is 40.5. The number of rotatable bonds is 42. The molecule has 8 rings (SSSR count). The average Bonchev–Trinajstić information content (AvgIpc) is 1.57. The predicted octanol–water partition coefficient (Wildman–Crippen LogP) is 5.48. The molecular formula is C63H84FN15O28P3S4+3. The molecule has 1 aromatic rings. The number of nitrogens with zero attached hydrogens (tertiary/aromatic N) is 10. The van der Waals surface area contributed by atoms with Crippen molar-refractivity contribution in [3.8, 4) is 11.8 Å². The minimum absolute atomic E-state index is 0.00602. The standard InChI is InChI=1S/C63H81FN15O28P3S4/c1-62(2)44-33-42(113(94,95)96)18-20-46(44)77(26-30-111(88,89)90)50(62)15-6-4-7-16-51-63(3,45-34-43(114(97,98)99)19-21-47(45)78(51)27-31-112(91,92)93)22-9-5-8-17-52(80)69-24-25-70-57(82)39-12-10-14-41(32-39)103-61(74-76-67)101-29-28-100-38-53(81)68-23-11-13-40-36-79(56-55(40)58(83)72-60(65)71-56)54-35-48(105-59(64)73-75-66)49(104-54)37-102-109(86)107-110(87)106-108(84)85/h4,6-7,14-16,18-21,32,34,40,42,45,47-50,54,59,61H,5,8-10,12,17,22-31,33,35-38H2,1-3H3,(H8-3,65,68,69,70,71,72,80,81,82,83,84,85,88,89,90,91,92,93,94,95,96,97,98,99)/p+3/b7-4+,15-6+,51-16-/t40?,42?,45?,47?,48?,49-,50?,54?,59?,61?,63?/m1/s1. The summed E-state index contributed by atoms with van der Waals surface area (Å²) in [6.45, 7) is 0.662. The van der Waals surface area contributed by atoms with Gasteiger partial charge in [-0.25, -0.2) is 4.39 Å². The summed E-state index contributed by atoms with van der Waals surface area (Å²) >= 11 is 0. The molecule has 13 unspecified atom stereocenters. The van der Waals surface area contributed by atoms with Crippen LogP contribution in [0.15, 0.2) is 121 Å². The van der Waals surface area contributed by atoms with Crippen molar-refractivity contribution in [2.75, 3.05) is 87.8 Å². The zero-order valence-corrected chi connectivity index (χ0v) is 67.0. The van der Waals surface area contributed by atoms with E-state index in [1.807, 2.05) is 20.8 Å². The van der Waals surface area contributed by atoms with Crippen molar-refractivity contribution in [2.45, 2.75) is 133 Å². The van der Waals surface area contributed by atoms with Crippen molar-refractivity contribution in [1.82, 2.24) is 35.7 Å². The van der Waals surface area contributed by atoms with Gasteiger partial charge in [-0.1, -0.05) is 88.0 Å². The molecule has 3 amide bonds. The summed E-state index contributed by atoms with van der Waals surface area (Å²) in [7, 11) is -28.2. The van der Waals surface area contributed by atoms with Gasteiger partial charge in [0.2, 0.25) is 23.7 Å². The van der Waals surface area contributed by atoms with Crippen LogP contribution in [0.25, 0.3) is 20.9 Å². The fraction of sp³-hybridized carbons (Fsp3) is 0.571. The number of fused-ring (bicyclic) bond motifs is 2. The number of nitrogens with two attached hydrogens (primary N) is 1. The van der Waals surface area contributed by atoms with E-state index in [0.717, 1.165) is 0 Å². The highest BCUT2D eigenvalue weighted by atomic mass is 32.2. The van der Waals surface area contributed by atoms with Crippen molar-refractivity contribution < 1.29 is 126 Å². The first kappa shape index (κ1) is 91.2. The van der Waals surface area contributed by atoms with Gasteiger partial charge in [0.05, 0.1) is 65.8 Å². The number of unbranched alkanes of at least 4 members (excludes halogenated alkanes) is 2. The molecule has 43 nitrogen and oxygen atoms in total. The number of aromatic amines is 1. The summed E-state index contributed by atoms with van der Waals surface area (Å²) in [5, 5.41) is 13.1. The maximum Gasteiger partial charge on any atom is 0.798 e. The molecule has 622 valence electrons. The molecule has 11 N–H and O–H groups in total. The Morgan fingerprint density at radius 2 is 1.63 bits per heavy atom. The van der Waals surface area contributed by atoms with Gasteiger partial charge in [-0.05, 0) is 89.3 Å². The zero-order valence-electron chi connectivity index (χ0n) is 61.1. The molecule has 5 heterocycles. The van der Waals surface area contributed by atoms with E-state index in [1.165, 1.54) is 41.4 Å². The van der Waals surface area contributed by atoms with Gasteiger partial charge in [-0.15, -0.1) is 9.42 Å². The van der Waals surface area contributed by atoms with Crippen LogP contribution < -0.4 is 32.1 Å². The number of carbonyl (C=O) groups excluding carboxylic acids is 3. The second-order valence-corrected chi connectivity index (χ2v) is 36.1. The molecule has 1 aromatic heterocycles. The summed E-state index contributed by atoms with van der Waals surface area (Å²) in [5.41, 5.74) is 23.4. The van der Waals surface area contributed by atoms with Gasteiger partial charge < -0.3 is 60.1 Å². The van der Waals surface area contributed by atoms with Crippen LogP contribution in [-0.4, -0.2) is 220 Å². The molecule has 51 heteroatoms. The Labute approximate surface area is 655 Å². The minimum Gasteiger partial charge on any atom is -0.459 e. The number of azide groups is 2. The van der Waals surface area contributed by atoms with E-state index in [0.29, 0.717) is 61.1 Å². The van der Waals surface area contributed by atoms with Gasteiger partial charge in [0.25, 0.3) is 58.9 Å². The lowest BCUT2D eigenvalue weighted by Gasteiger charge is -2.34. The first-order valence-corrected chi connectivity index (χ1v) is 44.3. The minimum atomic E-state index is -4.72. The number of aromatic nitrogens is 2. The van der Waals surface area contributed by atoms with Crippen molar-refractivity contribution in [2.24, 2.45) is 27.0 Å². The highest BCUT2D eigenvalue weighted by molar-refractivity contribution is 7.90. The molecule has 0 bridgehead atoms. The summed E-state index contributed by atoms with van der Waals surface area (Å²) < 4.78 is 228. The van der Waals surface area contributed by atoms with Crippen LogP contribution in [0.3, 0.4) is 0 Å². The maximum absolute atomic E-state index is 14.4. The summed E-state index contributed by atoms with van der Waals surface area (Å²) in [4.78, 5) is 77.2. The number of halogens is 1. The Bertz CT molecular complexity index is 4870. The van der Waals surface area contributed by atoms with E-state index in [2.05, 4.69) is 66.4 Å². The number of hydrogen-bond acceptors (Lipinski definition) is 30. The van der Waals surface area contributed by atoms with E-state index in [1.54, 1.807) is 46.3 Å². The molecule has 2 fully saturated rings. The summed E-state index contributed by atoms with van der Waals surface area (Å²) in [5.74, 6) is 1.11. The highest BCUT2D eigenvalue weighted by Crippen LogP contribution is 2.55. The number of carbonyl (C=O) groups is 3. The number of nitrogens with one attached hydrogen (secondary N) is 4. The monoisotopic (exact) mass is 1740 g/mol. The molecule has 0 spiro atoms. The molecular weight excluding hydrogens is 1650 g/mol. The lowest BCUT2D eigenvalue weighted by Crippen LogP contribution is -2.39. The molecule has 7 aliphatic rings. The number of amides is 3. The van der Waals surface area contributed by atoms with E-state index in [-0.39, 0.29) is 106 Å². The first-order chi connectivity index (χ1) is 53.7. The number of anilines is 2. The Kier molecular flexibility index (Phi) is 32.4. The van der Waals surface area contributed by atoms with Crippen molar-refractivity contribution >= 4 is 94.7 Å². The lowest BCUT2D eigenvalue weighted by atomic mass is 9.70. The van der Waals surface area contributed by atoms with Crippen molar-refractivity contribution in [3.05, 3.63) is 143 Å². The number of hydrogen-bond donors (Lipinski definition) is 10. The Hall–Kier alpha value is -8.32. The molecule has 0 radical (unpaired) electrons. The largest absolute Gasteiger partial charge is 0.798 e. The van der Waals surface area contributed by atoms with Crippen molar-refractivity contribution in [3.63, 3.8) is 0 Å². The number of alkyl halides is 1. The predicted molar refractivity (Wildman–Crippen MR) is 401 cm³/mol.